The Bertz CT molecular complexity index is 276. The molecule has 4 heteroatoms. The summed E-state index contributed by atoms with van der Waals surface area (Å²) < 4.78 is 4.09. The number of piperidine rings is 1. The predicted molar refractivity (Wildman–Crippen MR) is 57.1 cm³/mol. The van der Waals surface area contributed by atoms with Gasteiger partial charge in [0.15, 0.2) is 0 Å². The molecule has 1 saturated heterocycles. The van der Waals surface area contributed by atoms with Crippen molar-refractivity contribution in [1.82, 2.24) is 4.37 Å². The zero-order valence-corrected chi connectivity index (χ0v) is 8.68. The lowest BCUT2D eigenvalue weighted by Gasteiger charge is -2.30. The fourth-order valence-electron chi connectivity index (χ4n) is 1.66. The molecule has 1 aliphatic rings. The van der Waals surface area contributed by atoms with Gasteiger partial charge in [-0.15, -0.1) is 0 Å². The third-order valence-corrected chi connectivity index (χ3v) is 3.48. The summed E-state index contributed by atoms with van der Waals surface area (Å²) in [4.78, 5) is 2.38. The second-order valence-electron chi connectivity index (χ2n) is 3.76. The van der Waals surface area contributed by atoms with Gasteiger partial charge in [-0.1, -0.05) is 6.92 Å². The zero-order chi connectivity index (χ0) is 9.26. The Morgan fingerprint density at radius 3 is 2.77 bits per heavy atom. The minimum atomic E-state index is 0.652. The van der Waals surface area contributed by atoms with E-state index in [-0.39, 0.29) is 0 Å². The fraction of sp³-hybridized carbons (Fsp3) is 0.667. The third kappa shape index (κ3) is 1.94. The molecule has 0 atom stereocenters. The quantitative estimate of drug-likeness (QED) is 0.748. The second-order valence-corrected chi connectivity index (χ2v) is 4.54. The third-order valence-electron chi connectivity index (χ3n) is 2.61. The van der Waals surface area contributed by atoms with Crippen LogP contribution < -0.4 is 10.6 Å². The number of anilines is 2. The number of hydrogen-bond donors (Lipinski definition) is 1. The molecule has 0 aliphatic carbocycles. The summed E-state index contributed by atoms with van der Waals surface area (Å²) in [5.41, 5.74) is 5.59. The number of nitrogen functional groups attached to an aromatic ring is 1. The largest absolute Gasteiger partial charge is 0.383 e. The van der Waals surface area contributed by atoms with Gasteiger partial charge in [0, 0.05) is 19.2 Å². The molecular formula is C9H15N3S. The molecule has 0 radical (unpaired) electrons. The van der Waals surface area contributed by atoms with E-state index >= 15 is 0 Å². The van der Waals surface area contributed by atoms with E-state index in [1.807, 2.05) is 6.07 Å². The van der Waals surface area contributed by atoms with Gasteiger partial charge in [0.1, 0.15) is 10.8 Å². The van der Waals surface area contributed by atoms with Crippen molar-refractivity contribution in [2.45, 2.75) is 19.8 Å². The Labute approximate surface area is 82.7 Å². The first-order valence-electron chi connectivity index (χ1n) is 4.73. The maximum Gasteiger partial charge on any atom is 0.139 e. The monoisotopic (exact) mass is 197 g/mol. The van der Waals surface area contributed by atoms with E-state index in [0.717, 1.165) is 19.0 Å². The van der Waals surface area contributed by atoms with Gasteiger partial charge < -0.3 is 10.6 Å². The first kappa shape index (κ1) is 8.81. The van der Waals surface area contributed by atoms with Crippen LogP contribution in [0.4, 0.5) is 10.8 Å². The highest BCUT2D eigenvalue weighted by atomic mass is 32.1. The van der Waals surface area contributed by atoms with Crippen LogP contribution in [0.3, 0.4) is 0 Å². The number of nitrogens with two attached hydrogens (primary N) is 1. The lowest BCUT2D eigenvalue weighted by atomic mass is 10.00. The van der Waals surface area contributed by atoms with Gasteiger partial charge in [-0.25, -0.2) is 0 Å². The van der Waals surface area contributed by atoms with Gasteiger partial charge in [0.2, 0.25) is 0 Å². The molecule has 2 heterocycles. The normalized spacial score (nSPS) is 19.3. The highest BCUT2D eigenvalue weighted by Crippen LogP contribution is 2.27. The summed E-state index contributed by atoms with van der Waals surface area (Å²) in [5.74, 6) is 1.53. The van der Waals surface area contributed by atoms with E-state index in [1.165, 1.54) is 29.4 Å². The number of rotatable bonds is 1. The SMILES string of the molecule is CC1CCN(c2cc(N)ns2)CC1. The Balaban J connectivity index is 2.02. The van der Waals surface area contributed by atoms with E-state index in [2.05, 4.69) is 16.2 Å². The van der Waals surface area contributed by atoms with Crippen molar-refractivity contribution in [2.24, 2.45) is 5.92 Å². The predicted octanol–water partition coefficient (Wildman–Crippen LogP) is 1.96. The molecular weight excluding hydrogens is 182 g/mol. The first-order valence-corrected chi connectivity index (χ1v) is 5.50. The lowest BCUT2D eigenvalue weighted by molar-refractivity contribution is 0.440. The molecule has 0 bridgehead atoms. The topological polar surface area (TPSA) is 42.1 Å². The standard InChI is InChI=1S/C9H15N3S/c1-7-2-4-12(5-3-7)9-6-8(10)11-13-9/h6-7H,2-5H2,1H3,(H2,10,11). The summed E-state index contributed by atoms with van der Waals surface area (Å²) in [6.45, 7) is 4.63. The number of hydrogen-bond acceptors (Lipinski definition) is 4. The molecule has 1 fully saturated rings. The Hall–Kier alpha value is -0.770. The van der Waals surface area contributed by atoms with Gasteiger partial charge in [0.05, 0.1) is 0 Å². The van der Waals surface area contributed by atoms with E-state index in [0.29, 0.717) is 5.82 Å². The van der Waals surface area contributed by atoms with Crippen LogP contribution in [0.15, 0.2) is 6.07 Å². The first-order chi connectivity index (χ1) is 6.25. The van der Waals surface area contributed by atoms with Gasteiger partial charge in [-0.2, -0.15) is 4.37 Å². The van der Waals surface area contributed by atoms with Crippen molar-refractivity contribution in [3.8, 4) is 0 Å². The van der Waals surface area contributed by atoms with Crippen molar-refractivity contribution < 1.29 is 0 Å². The summed E-state index contributed by atoms with van der Waals surface area (Å²) in [5, 5.41) is 1.23. The van der Waals surface area contributed by atoms with Gasteiger partial charge in [-0.05, 0) is 30.3 Å². The molecule has 0 amide bonds. The van der Waals surface area contributed by atoms with Crippen molar-refractivity contribution in [3.63, 3.8) is 0 Å². The summed E-state index contributed by atoms with van der Waals surface area (Å²) in [6, 6.07) is 1.97. The molecule has 13 heavy (non-hydrogen) atoms. The van der Waals surface area contributed by atoms with Crippen molar-refractivity contribution >= 4 is 22.4 Å². The van der Waals surface area contributed by atoms with E-state index in [9.17, 15) is 0 Å². The summed E-state index contributed by atoms with van der Waals surface area (Å²) in [6.07, 6.45) is 2.58. The van der Waals surface area contributed by atoms with Crippen LogP contribution >= 0.6 is 11.5 Å². The van der Waals surface area contributed by atoms with E-state index < -0.39 is 0 Å². The van der Waals surface area contributed by atoms with Crippen molar-refractivity contribution in [1.29, 1.82) is 0 Å². The molecule has 0 saturated carbocycles. The molecule has 3 nitrogen and oxygen atoms in total. The highest BCUT2D eigenvalue weighted by Gasteiger charge is 2.17. The zero-order valence-electron chi connectivity index (χ0n) is 7.86. The maximum absolute atomic E-state index is 5.59. The summed E-state index contributed by atoms with van der Waals surface area (Å²) in [7, 11) is 0. The van der Waals surface area contributed by atoms with Gasteiger partial charge in [-0.3, -0.25) is 0 Å². The number of nitrogens with zero attached hydrogens (tertiary/aromatic N) is 2. The van der Waals surface area contributed by atoms with E-state index in [4.69, 9.17) is 5.73 Å². The molecule has 0 aromatic carbocycles. The molecule has 72 valence electrons. The van der Waals surface area contributed by atoms with Crippen molar-refractivity contribution in [2.75, 3.05) is 23.7 Å². The molecule has 1 aromatic heterocycles. The number of aromatic nitrogens is 1. The van der Waals surface area contributed by atoms with Crippen LogP contribution in [-0.2, 0) is 0 Å². The fourth-order valence-corrected chi connectivity index (χ4v) is 2.38. The minimum absolute atomic E-state index is 0.652. The van der Waals surface area contributed by atoms with Crippen LogP contribution in [0, 0.1) is 5.92 Å². The summed E-state index contributed by atoms with van der Waals surface area (Å²) >= 11 is 1.51. The average molecular weight is 197 g/mol. The van der Waals surface area contributed by atoms with Crippen LogP contribution in [-0.4, -0.2) is 17.5 Å². The molecule has 2 rings (SSSR count). The maximum atomic E-state index is 5.59. The smallest absolute Gasteiger partial charge is 0.139 e. The molecule has 1 aliphatic heterocycles. The molecule has 0 spiro atoms. The average Bonchev–Trinajstić information content (AvgIpc) is 2.53. The second kappa shape index (κ2) is 3.54. The lowest BCUT2D eigenvalue weighted by Crippen LogP contribution is -2.32. The van der Waals surface area contributed by atoms with Crippen LogP contribution in [0.2, 0.25) is 0 Å². The van der Waals surface area contributed by atoms with Crippen molar-refractivity contribution in [3.05, 3.63) is 6.07 Å². The molecule has 0 unspecified atom stereocenters. The Kier molecular flexibility index (Phi) is 2.40. The van der Waals surface area contributed by atoms with Crippen LogP contribution in [0.5, 0.6) is 0 Å². The Morgan fingerprint density at radius 2 is 2.23 bits per heavy atom. The molecule has 2 N–H and O–H groups in total. The van der Waals surface area contributed by atoms with Gasteiger partial charge >= 0.3 is 0 Å². The van der Waals surface area contributed by atoms with Crippen LogP contribution in [0.1, 0.15) is 19.8 Å². The van der Waals surface area contributed by atoms with Crippen LogP contribution in [0.25, 0.3) is 0 Å². The highest BCUT2D eigenvalue weighted by molar-refractivity contribution is 7.10. The van der Waals surface area contributed by atoms with Gasteiger partial charge in [0.25, 0.3) is 0 Å². The minimum Gasteiger partial charge on any atom is -0.383 e. The molecule has 1 aromatic rings. The Morgan fingerprint density at radius 1 is 1.54 bits per heavy atom. The van der Waals surface area contributed by atoms with E-state index in [1.54, 1.807) is 0 Å².